The summed E-state index contributed by atoms with van der Waals surface area (Å²) in [6, 6.07) is 4.11. The van der Waals surface area contributed by atoms with Crippen LogP contribution in [0, 0.1) is 5.82 Å². The van der Waals surface area contributed by atoms with Gasteiger partial charge >= 0.3 is 0 Å². The van der Waals surface area contributed by atoms with E-state index in [-0.39, 0.29) is 5.82 Å². The summed E-state index contributed by atoms with van der Waals surface area (Å²) in [6.07, 6.45) is 4.33. The second-order valence-corrected chi connectivity index (χ2v) is 4.24. The Morgan fingerprint density at radius 3 is 2.71 bits per heavy atom. The minimum Gasteiger partial charge on any atom is -0.310 e. The Labute approximate surface area is 83.3 Å². The molecule has 0 amide bonds. The summed E-state index contributed by atoms with van der Waals surface area (Å²) in [7, 11) is 0. The molecule has 1 aromatic rings. The Bertz CT molecular complexity index is 369. The Balaban J connectivity index is 2.08. The van der Waals surface area contributed by atoms with E-state index in [1.54, 1.807) is 6.07 Å². The summed E-state index contributed by atoms with van der Waals surface area (Å²) >= 11 is 0. The molecule has 1 aromatic carbocycles. The van der Waals surface area contributed by atoms with Gasteiger partial charge in [-0.15, -0.1) is 0 Å². The van der Waals surface area contributed by atoms with Gasteiger partial charge in [0.25, 0.3) is 0 Å². The number of hydrogen-bond acceptors (Lipinski definition) is 1. The molecule has 0 radical (unpaired) electrons. The van der Waals surface area contributed by atoms with Crippen molar-refractivity contribution < 1.29 is 4.39 Å². The topological polar surface area (TPSA) is 12.0 Å². The van der Waals surface area contributed by atoms with Crippen molar-refractivity contribution in [2.75, 3.05) is 6.54 Å². The highest BCUT2D eigenvalue weighted by Crippen LogP contribution is 2.34. The lowest BCUT2D eigenvalue weighted by molar-refractivity contribution is 0.381. The SMILES string of the molecule is Fc1ccc([C@@H]2CCN2)c2c1CCC2. The first kappa shape index (κ1) is 8.42. The second-order valence-electron chi connectivity index (χ2n) is 4.24. The molecule has 1 saturated heterocycles. The summed E-state index contributed by atoms with van der Waals surface area (Å²) < 4.78 is 13.4. The monoisotopic (exact) mass is 191 g/mol. The molecule has 0 unspecified atom stereocenters. The predicted octanol–water partition coefficient (Wildman–Crippen LogP) is 2.35. The van der Waals surface area contributed by atoms with E-state index < -0.39 is 0 Å². The van der Waals surface area contributed by atoms with Crippen LogP contribution in [0.5, 0.6) is 0 Å². The molecule has 0 bridgehead atoms. The van der Waals surface area contributed by atoms with Crippen molar-refractivity contribution in [2.45, 2.75) is 31.7 Å². The van der Waals surface area contributed by atoms with Gasteiger partial charge in [0, 0.05) is 6.04 Å². The molecule has 14 heavy (non-hydrogen) atoms. The van der Waals surface area contributed by atoms with Gasteiger partial charge < -0.3 is 5.32 Å². The van der Waals surface area contributed by atoms with Crippen molar-refractivity contribution in [3.8, 4) is 0 Å². The molecule has 1 aliphatic carbocycles. The van der Waals surface area contributed by atoms with Crippen molar-refractivity contribution in [3.63, 3.8) is 0 Å². The van der Waals surface area contributed by atoms with Crippen molar-refractivity contribution in [1.82, 2.24) is 5.32 Å². The Hall–Kier alpha value is -0.890. The van der Waals surface area contributed by atoms with E-state index in [1.807, 2.05) is 6.07 Å². The quantitative estimate of drug-likeness (QED) is 0.718. The first-order valence-electron chi connectivity index (χ1n) is 5.40. The van der Waals surface area contributed by atoms with Gasteiger partial charge in [0.05, 0.1) is 0 Å². The number of fused-ring (bicyclic) bond motifs is 1. The maximum atomic E-state index is 13.4. The van der Waals surface area contributed by atoms with Gasteiger partial charge in [0.15, 0.2) is 0 Å². The second kappa shape index (κ2) is 3.06. The third-order valence-electron chi connectivity index (χ3n) is 3.46. The lowest BCUT2D eigenvalue weighted by Crippen LogP contribution is -2.35. The first-order chi connectivity index (χ1) is 6.86. The first-order valence-corrected chi connectivity index (χ1v) is 5.40. The Morgan fingerprint density at radius 2 is 2.00 bits per heavy atom. The van der Waals surface area contributed by atoms with Gasteiger partial charge in [-0.2, -0.15) is 0 Å². The highest BCUT2D eigenvalue weighted by atomic mass is 19.1. The molecule has 1 nitrogen and oxygen atoms in total. The molecule has 0 saturated carbocycles. The van der Waals surface area contributed by atoms with Crippen molar-refractivity contribution in [3.05, 3.63) is 34.6 Å². The van der Waals surface area contributed by atoms with Crippen LogP contribution in [-0.4, -0.2) is 6.54 Å². The zero-order valence-electron chi connectivity index (χ0n) is 8.15. The smallest absolute Gasteiger partial charge is 0.126 e. The molecular weight excluding hydrogens is 177 g/mol. The molecule has 2 heteroatoms. The maximum absolute atomic E-state index is 13.4. The Morgan fingerprint density at radius 1 is 1.21 bits per heavy atom. The molecule has 3 rings (SSSR count). The van der Waals surface area contributed by atoms with Gasteiger partial charge in [0.2, 0.25) is 0 Å². The van der Waals surface area contributed by atoms with Gasteiger partial charge in [-0.25, -0.2) is 4.39 Å². The lowest BCUT2D eigenvalue weighted by Gasteiger charge is -2.30. The number of rotatable bonds is 1. The van der Waals surface area contributed by atoms with Gasteiger partial charge in [0.1, 0.15) is 5.82 Å². The van der Waals surface area contributed by atoms with E-state index in [4.69, 9.17) is 0 Å². The highest BCUT2D eigenvalue weighted by molar-refractivity contribution is 5.41. The fourth-order valence-electron chi connectivity index (χ4n) is 2.57. The lowest BCUT2D eigenvalue weighted by atomic mass is 9.91. The zero-order valence-corrected chi connectivity index (χ0v) is 8.15. The normalized spacial score (nSPS) is 24.5. The number of nitrogens with one attached hydrogen (secondary N) is 1. The molecule has 1 heterocycles. The molecule has 1 N–H and O–H groups in total. The highest BCUT2D eigenvalue weighted by Gasteiger charge is 2.26. The van der Waals surface area contributed by atoms with Crippen molar-refractivity contribution >= 4 is 0 Å². The molecule has 74 valence electrons. The summed E-state index contributed by atoms with van der Waals surface area (Å²) in [4.78, 5) is 0. The standard InChI is InChI=1S/C12H14FN/c13-11-5-4-10(12-6-7-14-12)8-2-1-3-9(8)11/h4-5,12,14H,1-3,6-7H2/t12-/m0/s1. The maximum Gasteiger partial charge on any atom is 0.126 e. The van der Waals surface area contributed by atoms with Crippen LogP contribution in [0.15, 0.2) is 12.1 Å². The molecular formula is C12H14FN. The van der Waals surface area contributed by atoms with Gasteiger partial charge in [-0.1, -0.05) is 6.07 Å². The van der Waals surface area contributed by atoms with Crippen LogP contribution in [0.4, 0.5) is 4.39 Å². The van der Waals surface area contributed by atoms with E-state index >= 15 is 0 Å². The molecule has 1 fully saturated rings. The van der Waals surface area contributed by atoms with Crippen molar-refractivity contribution in [1.29, 1.82) is 0 Å². The summed E-state index contributed by atoms with van der Waals surface area (Å²) in [6.45, 7) is 1.11. The fourth-order valence-corrected chi connectivity index (χ4v) is 2.57. The minimum atomic E-state index is 0.000531. The summed E-state index contributed by atoms with van der Waals surface area (Å²) in [5.41, 5.74) is 3.63. The average molecular weight is 191 g/mol. The number of hydrogen-bond donors (Lipinski definition) is 1. The number of benzene rings is 1. The molecule has 1 atom stereocenters. The molecule has 1 aliphatic heterocycles. The van der Waals surface area contributed by atoms with Gasteiger partial charge in [-0.3, -0.25) is 0 Å². The fraction of sp³-hybridized carbons (Fsp3) is 0.500. The summed E-state index contributed by atoms with van der Waals surface area (Å²) in [5.74, 6) is 0.000531. The Kier molecular flexibility index (Phi) is 1.84. The van der Waals surface area contributed by atoms with Crippen LogP contribution >= 0.6 is 0 Å². The number of halogens is 1. The average Bonchev–Trinajstić information content (AvgIpc) is 2.55. The van der Waals surface area contributed by atoms with Crippen LogP contribution in [0.25, 0.3) is 0 Å². The van der Waals surface area contributed by atoms with E-state index in [0.29, 0.717) is 6.04 Å². The van der Waals surface area contributed by atoms with Crippen LogP contribution in [-0.2, 0) is 12.8 Å². The van der Waals surface area contributed by atoms with Gasteiger partial charge in [-0.05, 0) is 55.0 Å². The largest absolute Gasteiger partial charge is 0.310 e. The molecule has 0 aromatic heterocycles. The zero-order chi connectivity index (χ0) is 9.54. The molecule has 0 spiro atoms. The third-order valence-corrected chi connectivity index (χ3v) is 3.46. The van der Waals surface area contributed by atoms with E-state index in [0.717, 1.165) is 31.4 Å². The van der Waals surface area contributed by atoms with E-state index in [1.165, 1.54) is 17.5 Å². The predicted molar refractivity (Wildman–Crippen MR) is 53.8 cm³/mol. The van der Waals surface area contributed by atoms with Crippen molar-refractivity contribution in [2.24, 2.45) is 0 Å². The molecule has 2 aliphatic rings. The third kappa shape index (κ3) is 1.10. The van der Waals surface area contributed by atoms with E-state index in [9.17, 15) is 4.39 Å². The summed E-state index contributed by atoms with van der Waals surface area (Å²) in [5, 5.41) is 3.39. The minimum absolute atomic E-state index is 0.000531. The van der Waals surface area contributed by atoms with Crippen LogP contribution in [0.2, 0.25) is 0 Å². The van der Waals surface area contributed by atoms with Crippen LogP contribution in [0.3, 0.4) is 0 Å². The van der Waals surface area contributed by atoms with E-state index in [2.05, 4.69) is 5.32 Å². The van der Waals surface area contributed by atoms with Crippen LogP contribution < -0.4 is 5.32 Å². The van der Waals surface area contributed by atoms with Crippen LogP contribution in [0.1, 0.15) is 35.6 Å².